The van der Waals surface area contributed by atoms with Gasteiger partial charge in [0.05, 0.1) is 31.1 Å². The highest BCUT2D eigenvalue weighted by molar-refractivity contribution is 5.59. The summed E-state index contributed by atoms with van der Waals surface area (Å²) in [5, 5.41) is 0. The molecule has 0 amide bonds. The first-order valence-corrected chi connectivity index (χ1v) is 9.10. The molecule has 0 spiro atoms. The molecule has 0 radical (unpaired) electrons. The van der Waals surface area contributed by atoms with Crippen LogP contribution in [0.5, 0.6) is 5.75 Å². The maximum absolute atomic E-state index is 12.3. The number of hydrogen-bond acceptors (Lipinski definition) is 5. The van der Waals surface area contributed by atoms with Crippen molar-refractivity contribution in [3.63, 3.8) is 0 Å². The van der Waals surface area contributed by atoms with Crippen molar-refractivity contribution in [3.8, 4) is 17.0 Å². The Morgan fingerprint density at radius 3 is 2.62 bits per heavy atom. The van der Waals surface area contributed by atoms with E-state index >= 15 is 0 Å². The fourth-order valence-corrected chi connectivity index (χ4v) is 3.29. The highest BCUT2D eigenvalue weighted by Gasteiger charge is 2.31. The number of nitrogens with one attached hydrogen (secondary N) is 1. The second-order valence-electron chi connectivity index (χ2n) is 6.67. The SMILES string of the molecule is FC(F)(F)Oc1ccc(-c2cnc([C@@H]3COCCN3Cc3ccncc3)[nH]2)cc1. The molecule has 2 aromatic heterocycles. The van der Waals surface area contributed by atoms with Crippen LogP contribution in [0.2, 0.25) is 0 Å². The summed E-state index contributed by atoms with van der Waals surface area (Å²) >= 11 is 0. The zero-order chi connectivity index (χ0) is 20.3. The van der Waals surface area contributed by atoms with Gasteiger partial charge >= 0.3 is 6.36 Å². The molecule has 6 nitrogen and oxygen atoms in total. The molecule has 1 N–H and O–H groups in total. The van der Waals surface area contributed by atoms with Crippen LogP contribution in [0.25, 0.3) is 11.3 Å². The third kappa shape index (κ3) is 4.93. The summed E-state index contributed by atoms with van der Waals surface area (Å²) in [7, 11) is 0. The second kappa shape index (κ2) is 8.22. The fraction of sp³-hybridized carbons (Fsp3) is 0.300. The lowest BCUT2D eigenvalue weighted by atomic mass is 10.1. The van der Waals surface area contributed by atoms with E-state index < -0.39 is 6.36 Å². The minimum atomic E-state index is -4.71. The number of aromatic amines is 1. The maximum Gasteiger partial charge on any atom is 0.573 e. The molecule has 1 aliphatic heterocycles. The summed E-state index contributed by atoms with van der Waals surface area (Å²) in [4.78, 5) is 14.1. The number of halogens is 3. The van der Waals surface area contributed by atoms with Crippen LogP contribution in [0, 0.1) is 0 Å². The molecular weight excluding hydrogens is 385 g/mol. The van der Waals surface area contributed by atoms with Gasteiger partial charge in [-0.25, -0.2) is 4.98 Å². The summed E-state index contributed by atoms with van der Waals surface area (Å²) in [5.74, 6) is 0.495. The van der Waals surface area contributed by atoms with Gasteiger partial charge in [0.25, 0.3) is 0 Å². The minimum Gasteiger partial charge on any atom is -0.406 e. The van der Waals surface area contributed by atoms with Crippen LogP contribution in [0.4, 0.5) is 13.2 Å². The number of pyridine rings is 1. The van der Waals surface area contributed by atoms with Crippen LogP contribution in [0.15, 0.2) is 55.0 Å². The van der Waals surface area contributed by atoms with Crippen LogP contribution in [-0.4, -0.2) is 46.0 Å². The summed E-state index contributed by atoms with van der Waals surface area (Å²) in [6, 6.07) is 9.59. The van der Waals surface area contributed by atoms with Crippen LogP contribution in [0.1, 0.15) is 17.4 Å². The number of benzene rings is 1. The monoisotopic (exact) mass is 404 g/mol. The minimum absolute atomic E-state index is 0.0431. The van der Waals surface area contributed by atoms with Crippen molar-refractivity contribution in [2.24, 2.45) is 0 Å². The lowest BCUT2D eigenvalue weighted by Gasteiger charge is -2.34. The molecule has 152 valence electrons. The van der Waals surface area contributed by atoms with Gasteiger partial charge in [-0.15, -0.1) is 13.2 Å². The smallest absolute Gasteiger partial charge is 0.406 e. The zero-order valence-corrected chi connectivity index (χ0v) is 15.4. The van der Waals surface area contributed by atoms with Gasteiger partial charge in [0.1, 0.15) is 11.6 Å². The summed E-state index contributed by atoms with van der Waals surface area (Å²) in [6.45, 7) is 2.68. The quantitative estimate of drug-likeness (QED) is 0.698. The van der Waals surface area contributed by atoms with E-state index in [9.17, 15) is 13.2 Å². The molecule has 3 heterocycles. The lowest BCUT2D eigenvalue weighted by molar-refractivity contribution is -0.274. The number of hydrogen-bond donors (Lipinski definition) is 1. The molecule has 1 atom stereocenters. The number of morpholine rings is 1. The number of H-pyrrole nitrogens is 1. The van der Waals surface area contributed by atoms with E-state index in [0.29, 0.717) is 18.9 Å². The van der Waals surface area contributed by atoms with E-state index in [4.69, 9.17) is 4.74 Å². The molecule has 3 aromatic rings. The molecule has 0 unspecified atom stereocenters. The number of aromatic nitrogens is 3. The summed E-state index contributed by atoms with van der Waals surface area (Å²) < 4.78 is 46.5. The summed E-state index contributed by atoms with van der Waals surface area (Å²) in [6.07, 6.45) is 0.500. The molecule has 9 heteroatoms. The van der Waals surface area contributed by atoms with E-state index in [0.717, 1.165) is 30.0 Å². The zero-order valence-electron chi connectivity index (χ0n) is 15.4. The third-order valence-electron chi connectivity index (χ3n) is 4.68. The normalized spacial score (nSPS) is 18.0. The Morgan fingerprint density at radius 1 is 1.14 bits per heavy atom. The van der Waals surface area contributed by atoms with E-state index in [-0.39, 0.29) is 11.8 Å². The highest BCUT2D eigenvalue weighted by atomic mass is 19.4. The molecule has 4 rings (SSSR count). The number of alkyl halides is 3. The number of ether oxygens (including phenoxy) is 2. The van der Waals surface area contributed by atoms with Gasteiger partial charge in [0.2, 0.25) is 0 Å². The number of rotatable bonds is 5. The van der Waals surface area contributed by atoms with Gasteiger partial charge in [-0.05, 0) is 47.5 Å². The first-order chi connectivity index (χ1) is 14.0. The first-order valence-electron chi connectivity index (χ1n) is 9.10. The molecule has 0 saturated carbocycles. The van der Waals surface area contributed by atoms with Crippen molar-refractivity contribution in [1.29, 1.82) is 0 Å². The number of imidazole rings is 1. The maximum atomic E-state index is 12.3. The average Bonchev–Trinajstić information content (AvgIpc) is 3.19. The van der Waals surface area contributed by atoms with E-state index in [1.165, 1.54) is 12.1 Å². The molecule has 1 fully saturated rings. The summed E-state index contributed by atoms with van der Waals surface area (Å²) in [5.41, 5.74) is 2.59. The van der Waals surface area contributed by atoms with Crippen molar-refractivity contribution in [1.82, 2.24) is 19.9 Å². The van der Waals surface area contributed by atoms with Gasteiger partial charge in [-0.1, -0.05) is 0 Å². The Labute approximate surface area is 165 Å². The predicted octanol–water partition coefficient (Wildman–Crippen LogP) is 3.94. The highest BCUT2D eigenvalue weighted by Crippen LogP contribution is 2.28. The van der Waals surface area contributed by atoms with Crippen LogP contribution >= 0.6 is 0 Å². The van der Waals surface area contributed by atoms with Gasteiger partial charge in [0, 0.05) is 25.5 Å². The third-order valence-corrected chi connectivity index (χ3v) is 4.68. The van der Waals surface area contributed by atoms with Crippen LogP contribution in [0.3, 0.4) is 0 Å². The fourth-order valence-electron chi connectivity index (χ4n) is 3.29. The second-order valence-corrected chi connectivity index (χ2v) is 6.67. The van der Waals surface area contributed by atoms with Crippen molar-refractivity contribution in [2.45, 2.75) is 18.9 Å². The Balaban J connectivity index is 1.49. The molecule has 29 heavy (non-hydrogen) atoms. The molecule has 1 aliphatic rings. The van der Waals surface area contributed by atoms with Crippen LogP contribution in [-0.2, 0) is 11.3 Å². The van der Waals surface area contributed by atoms with E-state index in [1.807, 2.05) is 12.1 Å². The standard InChI is InChI=1S/C20H19F3N4O2/c21-20(22,23)29-16-3-1-15(2-4-16)17-11-25-19(26-17)18-13-28-10-9-27(18)12-14-5-7-24-8-6-14/h1-8,11,18H,9-10,12-13H2,(H,25,26)/t18-/m0/s1. The average molecular weight is 404 g/mol. The van der Waals surface area contributed by atoms with Gasteiger partial charge in [-0.2, -0.15) is 0 Å². The molecule has 1 aromatic carbocycles. The topological polar surface area (TPSA) is 63.3 Å². The predicted molar refractivity (Wildman–Crippen MR) is 98.9 cm³/mol. The van der Waals surface area contributed by atoms with Crippen molar-refractivity contribution < 1.29 is 22.6 Å². The van der Waals surface area contributed by atoms with E-state index in [1.54, 1.807) is 30.7 Å². The Morgan fingerprint density at radius 2 is 1.90 bits per heavy atom. The largest absolute Gasteiger partial charge is 0.573 e. The van der Waals surface area contributed by atoms with Crippen molar-refractivity contribution in [2.75, 3.05) is 19.8 Å². The van der Waals surface area contributed by atoms with Crippen molar-refractivity contribution >= 4 is 0 Å². The van der Waals surface area contributed by atoms with Gasteiger partial charge in [-0.3, -0.25) is 9.88 Å². The lowest BCUT2D eigenvalue weighted by Crippen LogP contribution is -2.39. The van der Waals surface area contributed by atoms with E-state index in [2.05, 4.69) is 24.6 Å². The Bertz CT molecular complexity index is 929. The molecule has 1 saturated heterocycles. The Kier molecular flexibility index (Phi) is 5.50. The Hall–Kier alpha value is -2.91. The number of nitrogens with zero attached hydrogens (tertiary/aromatic N) is 3. The molecule has 0 bridgehead atoms. The van der Waals surface area contributed by atoms with Gasteiger partial charge in [0.15, 0.2) is 0 Å². The molecular formula is C20H19F3N4O2. The first kappa shape index (κ1) is 19.4. The van der Waals surface area contributed by atoms with Crippen LogP contribution < -0.4 is 4.74 Å². The molecule has 0 aliphatic carbocycles. The van der Waals surface area contributed by atoms with Crippen molar-refractivity contribution in [3.05, 3.63) is 66.4 Å². The van der Waals surface area contributed by atoms with Gasteiger partial charge < -0.3 is 14.5 Å².